The van der Waals surface area contributed by atoms with E-state index >= 15 is 0 Å². The first-order chi connectivity index (χ1) is 13.9. The number of nitrogens with zero attached hydrogens (tertiary/aromatic N) is 2. The highest BCUT2D eigenvalue weighted by atomic mass is 32.1. The van der Waals surface area contributed by atoms with Crippen molar-refractivity contribution < 1.29 is 23.6 Å². The Balaban J connectivity index is 1.43. The van der Waals surface area contributed by atoms with Gasteiger partial charge in [-0.15, -0.1) is 11.3 Å². The van der Waals surface area contributed by atoms with Gasteiger partial charge in [-0.1, -0.05) is 12.1 Å². The number of para-hydroxylation sites is 1. The molecule has 1 amide bonds. The van der Waals surface area contributed by atoms with Crippen molar-refractivity contribution in [3.8, 4) is 0 Å². The molecular weight excluding hydrogens is 401 g/mol. The van der Waals surface area contributed by atoms with Crippen LogP contribution in [0.2, 0.25) is 0 Å². The third-order valence-corrected chi connectivity index (χ3v) is 5.00. The van der Waals surface area contributed by atoms with Crippen molar-refractivity contribution in [3.05, 3.63) is 63.4 Å². The van der Waals surface area contributed by atoms with Gasteiger partial charge in [-0.2, -0.15) is 0 Å². The van der Waals surface area contributed by atoms with E-state index in [1.54, 1.807) is 11.3 Å². The summed E-state index contributed by atoms with van der Waals surface area (Å²) in [6, 6.07) is 10.5. The zero-order valence-corrected chi connectivity index (χ0v) is 15.9. The topological polar surface area (TPSA) is 111 Å². The summed E-state index contributed by atoms with van der Waals surface area (Å²) in [4.78, 5) is 38.2. The van der Waals surface area contributed by atoms with E-state index in [4.69, 9.17) is 4.74 Å². The quantitative estimate of drug-likeness (QED) is 0.339. The van der Waals surface area contributed by atoms with Crippen molar-refractivity contribution in [2.45, 2.75) is 19.3 Å². The number of fused-ring (bicyclic) bond motifs is 1. The van der Waals surface area contributed by atoms with E-state index in [1.165, 1.54) is 0 Å². The number of nitrogens with one attached hydrogen (secondary N) is 1. The molecule has 8 nitrogen and oxygen atoms in total. The fourth-order valence-electron chi connectivity index (χ4n) is 2.58. The molecule has 3 aromatic rings. The van der Waals surface area contributed by atoms with Crippen LogP contribution in [0.1, 0.15) is 17.8 Å². The Bertz CT molecular complexity index is 1040. The molecule has 0 aliphatic heterocycles. The summed E-state index contributed by atoms with van der Waals surface area (Å²) in [5.41, 5.74) is 0.162. The lowest BCUT2D eigenvalue weighted by molar-refractivity contribution is -0.384. The first kappa shape index (κ1) is 20.3. The number of esters is 1. The Labute approximate surface area is 168 Å². The first-order valence-electron chi connectivity index (χ1n) is 8.66. The van der Waals surface area contributed by atoms with E-state index < -0.39 is 34.9 Å². The van der Waals surface area contributed by atoms with E-state index in [-0.39, 0.29) is 12.1 Å². The standard InChI is InChI=1S/C19H16FN3O5S/c20-12-8-9-13(15(10-12)23(26)27)21-17(24)11-28-19(25)7-3-6-18-22-14-4-1-2-5-16(14)29-18/h1-2,4-5,8-10H,3,6-7,11H2,(H,21,24). The molecule has 0 spiro atoms. The summed E-state index contributed by atoms with van der Waals surface area (Å²) in [5, 5.41) is 14.1. The minimum absolute atomic E-state index is 0.111. The van der Waals surface area contributed by atoms with Gasteiger partial charge in [0.1, 0.15) is 11.5 Å². The predicted octanol–water partition coefficient (Wildman–Crippen LogP) is 3.85. The molecule has 1 N–H and O–H groups in total. The average molecular weight is 417 g/mol. The van der Waals surface area contributed by atoms with E-state index in [9.17, 15) is 24.1 Å². The highest BCUT2D eigenvalue weighted by Gasteiger charge is 2.17. The third kappa shape index (κ3) is 5.55. The van der Waals surface area contributed by atoms with Crippen LogP contribution in [0, 0.1) is 15.9 Å². The summed E-state index contributed by atoms with van der Waals surface area (Å²) in [7, 11) is 0. The molecule has 10 heteroatoms. The van der Waals surface area contributed by atoms with Crippen LogP contribution in [0.15, 0.2) is 42.5 Å². The van der Waals surface area contributed by atoms with Crippen LogP contribution >= 0.6 is 11.3 Å². The molecule has 3 rings (SSSR count). The van der Waals surface area contributed by atoms with E-state index in [0.717, 1.165) is 27.4 Å². The van der Waals surface area contributed by atoms with Gasteiger partial charge in [0.25, 0.3) is 11.6 Å². The number of aromatic nitrogens is 1. The van der Waals surface area contributed by atoms with Crippen LogP contribution in [-0.2, 0) is 20.7 Å². The number of halogens is 1. The van der Waals surface area contributed by atoms with Crippen LogP contribution < -0.4 is 5.32 Å². The van der Waals surface area contributed by atoms with Crippen LogP contribution in [0.25, 0.3) is 10.2 Å². The van der Waals surface area contributed by atoms with Crippen LogP contribution in [0.3, 0.4) is 0 Å². The summed E-state index contributed by atoms with van der Waals surface area (Å²) < 4.78 is 19.1. The summed E-state index contributed by atoms with van der Waals surface area (Å²) in [6.45, 7) is -0.589. The second kappa shape index (κ2) is 9.20. The molecule has 1 aromatic heterocycles. The van der Waals surface area contributed by atoms with Crippen molar-refractivity contribution in [1.82, 2.24) is 4.98 Å². The second-order valence-corrected chi connectivity index (χ2v) is 7.17. The zero-order chi connectivity index (χ0) is 20.8. The molecular formula is C19H16FN3O5S. The number of thiazole rings is 1. The first-order valence-corrected chi connectivity index (χ1v) is 9.48. The van der Waals surface area contributed by atoms with Crippen molar-refractivity contribution in [2.24, 2.45) is 0 Å². The predicted molar refractivity (Wildman–Crippen MR) is 105 cm³/mol. The van der Waals surface area contributed by atoms with Crippen LogP contribution in [0.5, 0.6) is 0 Å². The molecule has 0 radical (unpaired) electrons. The van der Waals surface area contributed by atoms with Crippen molar-refractivity contribution in [1.29, 1.82) is 0 Å². The second-order valence-electron chi connectivity index (χ2n) is 6.06. The lowest BCUT2D eigenvalue weighted by Crippen LogP contribution is -2.21. The maximum atomic E-state index is 13.1. The molecule has 1 heterocycles. The molecule has 29 heavy (non-hydrogen) atoms. The molecule has 0 bridgehead atoms. The maximum absolute atomic E-state index is 13.1. The smallest absolute Gasteiger partial charge is 0.306 e. The number of carbonyl (C=O) groups is 2. The number of ether oxygens (including phenoxy) is 1. The van der Waals surface area contributed by atoms with Gasteiger partial charge < -0.3 is 10.1 Å². The van der Waals surface area contributed by atoms with Gasteiger partial charge in [0, 0.05) is 6.42 Å². The SMILES string of the molecule is O=C(COC(=O)CCCc1nc2ccccc2s1)Nc1ccc(F)cc1[N+](=O)[O-]. The van der Waals surface area contributed by atoms with Gasteiger partial charge in [0.2, 0.25) is 0 Å². The third-order valence-electron chi connectivity index (χ3n) is 3.90. The maximum Gasteiger partial charge on any atom is 0.306 e. The molecule has 150 valence electrons. The molecule has 0 aliphatic carbocycles. The van der Waals surface area contributed by atoms with Crippen LogP contribution in [0.4, 0.5) is 15.8 Å². The van der Waals surface area contributed by atoms with E-state index in [1.807, 2.05) is 24.3 Å². The normalized spacial score (nSPS) is 10.7. The molecule has 0 aliphatic rings. The van der Waals surface area contributed by atoms with Gasteiger partial charge in [-0.25, -0.2) is 9.37 Å². The zero-order valence-electron chi connectivity index (χ0n) is 15.1. The molecule has 0 saturated carbocycles. The molecule has 0 saturated heterocycles. The van der Waals surface area contributed by atoms with Crippen molar-refractivity contribution in [3.63, 3.8) is 0 Å². The fraction of sp³-hybridized carbons (Fsp3) is 0.211. The average Bonchev–Trinajstić information content (AvgIpc) is 3.10. The molecule has 2 aromatic carbocycles. The fourth-order valence-corrected chi connectivity index (χ4v) is 3.59. The summed E-state index contributed by atoms with van der Waals surface area (Å²) >= 11 is 1.56. The van der Waals surface area contributed by atoms with Gasteiger partial charge in [0.15, 0.2) is 6.61 Å². The number of aryl methyl sites for hydroxylation is 1. The summed E-state index contributed by atoms with van der Waals surface area (Å²) in [6.07, 6.45) is 1.24. The van der Waals surface area contributed by atoms with Crippen LogP contribution in [-0.4, -0.2) is 28.4 Å². The van der Waals surface area contributed by atoms with Crippen molar-refractivity contribution >= 4 is 44.8 Å². The monoisotopic (exact) mass is 417 g/mol. The minimum atomic E-state index is -0.813. The number of nitro groups is 1. The number of benzene rings is 2. The number of nitro benzene ring substituents is 1. The number of rotatable bonds is 8. The minimum Gasteiger partial charge on any atom is -0.456 e. The van der Waals surface area contributed by atoms with E-state index in [2.05, 4.69) is 10.3 Å². The Kier molecular flexibility index (Phi) is 6.45. The number of anilines is 1. The number of hydrogen-bond acceptors (Lipinski definition) is 7. The number of hydrogen-bond donors (Lipinski definition) is 1. The number of carbonyl (C=O) groups excluding carboxylic acids is 2. The van der Waals surface area contributed by atoms with E-state index in [0.29, 0.717) is 18.9 Å². The molecule has 0 atom stereocenters. The number of amides is 1. The summed E-state index contributed by atoms with van der Waals surface area (Å²) in [5.74, 6) is -2.11. The largest absolute Gasteiger partial charge is 0.456 e. The van der Waals surface area contributed by atoms with Crippen molar-refractivity contribution in [2.75, 3.05) is 11.9 Å². The Morgan fingerprint density at radius 2 is 2.03 bits per heavy atom. The molecule has 0 unspecified atom stereocenters. The lowest BCUT2D eigenvalue weighted by Gasteiger charge is -2.07. The Morgan fingerprint density at radius 1 is 1.24 bits per heavy atom. The lowest BCUT2D eigenvalue weighted by atomic mass is 10.2. The highest BCUT2D eigenvalue weighted by Crippen LogP contribution is 2.25. The van der Waals surface area contributed by atoms with Gasteiger partial charge >= 0.3 is 5.97 Å². The van der Waals surface area contributed by atoms with Gasteiger partial charge in [-0.3, -0.25) is 19.7 Å². The molecule has 0 fully saturated rings. The Morgan fingerprint density at radius 3 is 2.79 bits per heavy atom. The Hall–Kier alpha value is -3.40. The van der Waals surface area contributed by atoms with Gasteiger partial charge in [0.05, 0.1) is 26.2 Å². The van der Waals surface area contributed by atoms with Gasteiger partial charge in [-0.05, 0) is 37.1 Å². The highest BCUT2D eigenvalue weighted by molar-refractivity contribution is 7.18.